The number of amides is 3. The number of hydrogen-bond acceptors (Lipinski definition) is 3. The van der Waals surface area contributed by atoms with Gasteiger partial charge in [0.05, 0.1) is 25.3 Å². The molecule has 2 aromatic rings. The van der Waals surface area contributed by atoms with E-state index in [0.717, 1.165) is 22.6 Å². The average molecular weight is 313 g/mol. The first-order valence-electron chi connectivity index (χ1n) is 7.49. The Balaban J connectivity index is 1.62. The van der Waals surface area contributed by atoms with Crippen molar-refractivity contribution in [1.29, 1.82) is 0 Å². The maximum Gasteiger partial charge on any atom is 0.318 e. The van der Waals surface area contributed by atoms with Crippen LogP contribution in [-0.4, -0.2) is 23.9 Å². The van der Waals surface area contributed by atoms with Crippen molar-refractivity contribution >= 4 is 17.6 Å². The Hall–Kier alpha value is -2.76. The fourth-order valence-corrected chi connectivity index (χ4v) is 2.61. The van der Waals surface area contributed by atoms with Gasteiger partial charge in [-0.2, -0.15) is 0 Å². The van der Waals surface area contributed by atoms with Gasteiger partial charge >= 0.3 is 6.03 Å². The molecule has 0 saturated carbocycles. The Kier molecular flexibility index (Phi) is 4.06. The molecule has 1 atom stereocenters. The molecular formula is C17H19N3O3. The molecule has 0 saturated heterocycles. The lowest BCUT2D eigenvalue weighted by Gasteiger charge is -2.21. The Morgan fingerprint density at radius 1 is 1.43 bits per heavy atom. The summed E-state index contributed by atoms with van der Waals surface area (Å²) < 4.78 is 5.24. The van der Waals surface area contributed by atoms with Crippen LogP contribution >= 0.6 is 0 Å². The van der Waals surface area contributed by atoms with Crippen molar-refractivity contribution in [3.8, 4) is 0 Å². The van der Waals surface area contributed by atoms with E-state index in [1.54, 1.807) is 24.3 Å². The van der Waals surface area contributed by atoms with Crippen molar-refractivity contribution in [2.45, 2.75) is 25.9 Å². The zero-order valence-corrected chi connectivity index (χ0v) is 13.1. The Morgan fingerprint density at radius 2 is 2.26 bits per heavy atom. The summed E-state index contributed by atoms with van der Waals surface area (Å²) in [6, 6.07) is 9.06. The number of fused-ring (bicyclic) bond motifs is 1. The summed E-state index contributed by atoms with van der Waals surface area (Å²) in [4.78, 5) is 25.2. The third-order valence-corrected chi connectivity index (χ3v) is 3.91. The lowest BCUT2D eigenvalue weighted by atomic mass is 10.0. The maximum absolute atomic E-state index is 12.2. The van der Waals surface area contributed by atoms with Gasteiger partial charge in [0.15, 0.2) is 0 Å². The minimum atomic E-state index is -0.177. The molecule has 3 rings (SSSR count). The van der Waals surface area contributed by atoms with E-state index >= 15 is 0 Å². The lowest BCUT2D eigenvalue weighted by molar-refractivity contribution is -0.115. The van der Waals surface area contributed by atoms with Gasteiger partial charge < -0.3 is 20.0 Å². The van der Waals surface area contributed by atoms with Crippen molar-refractivity contribution in [2.24, 2.45) is 0 Å². The monoisotopic (exact) mass is 313 g/mol. The number of carbonyl (C=O) groups excluding carboxylic acids is 2. The minimum Gasteiger partial charge on any atom is -0.467 e. The summed E-state index contributed by atoms with van der Waals surface area (Å²) in [6.45, 7) is 2.33. The number of benzene rings is 1. The predicted molar refractivity (Wildman–Crippen MR) is 85.9 cm³/mol. The van der Waals surface area contributed by atoms with Crippen LogP contribution in [0.25, 0.3) is 0 Å². The first-order chi connectivity index (χ1) is 11.0. The van der Waals surface area contributed by atoms with Crippen LogP contribution in [0.5, 0.6) is 0 Å². The molecular weight excluding hydrogens is 294 g/mol. The minimum absolute atomic E-state index is 0.00650. The molecule has 3 amide bonds. The number of nitrogens with zero attached hydrogens (tertiary/aromatic N) is 1. The van der Waals surface area contributed by atoms with Gasteiger partial charge in [0.2, 0.25) is 5.91 Å². The second-order valence-corrected chi connectivity index (χ2v) is 5.75. The SMILES string of the molecule is CC(NC(=O)N(C)Cc1ccco1)c1ccc2c(c1)CC(=O)N2. The third-order valence-electron chi connectivity index (χ3n) is 3.91. The largest absolute Gasteiger partial charge is 0.467 e. The molecule has 0 aliphatic carbocycles. The maximum atomic E-state index is 12.2. The molecule has 1 aliphatic heterocycles. The number of hydrogen-bond donors (Lipinski definition) is 2. The molecule has 1 aliphatic rings. The third kappa shape index (κ3) is 3.36. The van der Waals surface area contributed by atoms with Gasteiger partial charge in [-0.25, -0.2) is 4.79 Å². The highest BCUT2D eigenvalue weighted by atomic mass is 16.3. The van der Waals surface area contributed by atoms with Crippen LogP contribution < -0.4 is 10.6 Å². The van der Waals surface area contributed by atoms with Crippen LogP contribution in [-0.2, 0) is 17.8 Å². The number of rotatable bonds is 4. The molecule has 120 valence electrons. The molecule has 1 aromatic heterocycles. The molecule has 0 spiro atoms. The zero-order valence-electron chi connectivity index (χ0n) is 13.1. The van der Waals surface area contributed by atoms with Gasteiger partial charge in [-0.1, -0.05) is 12.1 Å². The molecule has 0 radical (unpaired) electrons. The van der Waals surface area contributed by atoms with Crippen molar-refractivity contribution in [2.75, 3.05) is 12.4 Å². The van der Waals surface area contributed by atoms with Crippen LogP contribution in [0.15, 0.2) is 41.0 Å². The summed E-state index contributed by atoms with van der Waals surface area (Å²) in [7, 11) is 1.72. The lowest BCUT2D eigenvalue weighted by Crippen LogP contribution is -2.38. The van der Waals surface area contributed by atoms with E-state index in [2.05, 4.69) is 10.6 Å². The van der Waals surface area contributed by atoms with E-state index in [9.17, 15) is 9.59 Å². The van der Waals surface area contributed by atoms with Crippen molar-refractivity contribution in [1.82, 2.24) is 10.2 Å². The van der Waals surface area contributed by atoms with Crippen molar-refractivity contribution < 1.29 is 14.0 Å². The number of urea groups is 1. The van der Waals surface area contributed by atoms with Crippen LogP contribution in [0.4, 0.5) is 10.5 Å². The van der Waals surface area contributed by atoms with E-state index in [-0.39, 0.29) is 18.0 Å². The van der Waals surface area contributed by atoms with Crippen molar-refractivity contribution in [3.63, 3.8) is 0 Å². The van der Waals surface area contributed by atoms with Gasteiger partial charge in [0, 0.05) is 12.7 Å². The zero-order chi connectivity index (χ0) is 16.4. The number of anilines is 1. The number of nitrogens with one attached hydrogen (secondary N) is 2. The van der Waals surface area contributed by atoms with Gasteiger partial charge in [-0.3, -0.25) is 4.79 Å². The summed E-state index contributed by atoms with van der Waals surface area (Å²) in [6.07, 6.45) is 1.98. The van der Waals surface area contributed by atoms with E-state index in [0.29, 0.717) is 13.0 Å². The van der Waals surface area contributed by atoms with Crippen LogP contribution in [0, 0.1) is 0 Å². The fourth-order valence-electron chi connectivity index (χ4n) is 2.61. The standard InChI is InChI=1S/C17H19N3O3/c1-11(12-5-6-15-13(8-12)9-16(21)19-15)18-17(22)20(2)10-14-4-3-7-23-14/h3-8,11H,9-10H2,1-2H3,(H,18,22)(H,19,21). The Bertz CT molecular complexity index is 725. The topological polar surface area (TPSA) is 74.6 Å². The molecule has 2 heterocycles. The highest BCUT2D eigenvalue weighted by Gasteiger charge is 2.20. The highest BCUT2D eigenvalue weighted by molar-refractivity contribution is 5.99. The first kappa shape index (κ1) is 15.1. The fraction of sp³-hybridized carbons (Fsp3) is 0.294. The molecule has 23 heavy (non-hydrogen) atoms. The summed E-state index contributed by atoms with van der Waals surface area (Å²) in [5.74, 6) is 0.740. The van der Waals surface area contributed by atoms with E-state index in [1.165, 1.54) is 0 Å². The first-order valence-corrected chi connectivity index (χ1v) is 7.49. The quantitative estimate of drug-likeness (QED) is 0.911. The molecule has 6 heteroatoms. The summed E-state index contributed by atoms with van der Waals surface area (Å²) in [5, 5.41) is 5.75. The molecule has 1 unspecified atom stereocenters. The van der Waals surface area contributed by atoms with Crippen LogP contribution in [0.2, 0.25) is 0 Å². The molecule has 6 nitrogen and oxygen atoms in total. The van der Waals surface area contributed by atoms with Crippen LogP contribution in [0.3, 0.4) is 0 Å². The van der Waals surface area contributed by atoms with Gasteiger partial charge in [-0.05, 0) is 36.2 Å². The molecule has 0 fully saturated rings. The molecule has 2 N–H and O–H groups in total. The summed E-state index contributed by atoms with van der Waals surface area (Å²) in [5.41, 5.74) is 2.80. The van der Waals surface area contributed by atoms with E-state index in [1.807, 2.05) is 31.2 Å². The van der Waals surface area contributed by atoms with Crippen LogP contribution in [0.1, 0.15) is 29.9 Å². The molecule has 1 aromatic carbocycles. The summed E-state index contributed by atoms with van der Waals surface area (Å²) >= 11 is 0. The average Bonchev–Trinajstić information content (AvgIpc) is 3.14. The van der Waals surface area contributed by atoms with E-state index < -0.39 is 0 Å². The Morgan fingerprint density at radius 3 is 3.00 bits per heavy atom. The number of furan rings is 1. The van der Waals surface area contributed by atoms with Crippen molar-refractivity contribution in [3.05, 3.63) is 53.5 Å². The van der Waals surface area contributed by atoms with E-state index in [4.69, 9.17) is 4.42 Å². The second-order valence-electron chi connectivity index (χ2n) is 5.75. The molecule has 0 bridgehead atoms. The van der Waals surface area contributed by atoms with Gasteiger partial charge in [0.25, 0.3) is 0 Å². The number of carbonyl (C=O) groups is 2. The Labute approximate surface area is 134 Å². The normalized spacial score (nSPS) is 14.1. The second kappa shape index (κ2) is 6.16. The predicted octanol–water partition coefficient (Wildman–Crippen LogP) is 2.68. The highest BCUT2D eigenvalue weighted by Crippen LogP contribution is 2.26. The van der Waals surface area contributed by atoms with Gasteiger partial charge in [-0.15, -0.1) is 0 Å². The smallest absolute Gasteiger partial charge is 0.318 e. The van der Waals surface area contributed by atoms with Gasteiger partial charge in [0.1, 0.15) is 5.76 Å².